The van der Waals surface area contributed by atoms with Gasteiger partial charge in [-0.2, -0.15) is 0 Å². The number of hydrogen-bond donors (Lipinski definition) is 3. The van der Waals surface area contributed by atoms with Gasteiger partial charge in [-0.1, -0.05) is 0 Å². The molecular weight excluding hydrogens is 303 g/mol. The van der Waals surface area contributed by atoms with Crippen LogP contribution >= 0.6 is 7.82 Å². The number of hydrogen-bond acceptors (Lipinski definition) is 7. The second kappa shape index (κ2) is 5.41. The van der Waals surface area contributed by atoms with E-state index in [9.17, 15) is 9.67 Å². The van der Waals surface area contributed by atoms with Crippen molar-refractivity contribution >= 4 is 19.0 Å². The SMILES string of the molecule is O=P(O)(O)OC[C@H]1O[C@@H](n2cnc3cncnc32)C[C@@H]1O. The molecule has 21 heavy (non-hydrogen) atoms. The minimum atomic E-state index is -4.59. The lowest BCUT2D eigenvalue weighted by atomic mass is 10.2. The Morgan fingerprint density at radius 2 is 2.29 bits per heavy atom. The van der Waals surface area contributed by atoms with Crippen molar-refractivity contribution in [1.29, 1.82) is 0 Å². The minimum Gasteiger partial charge on any atom is -0.390 e. The van der Waals surface area contributed by atoms with Crippen LogP contribution in [0.1, 0.15) is 12.6 Å². The molecule has 1 fully saturated rings. The Morgan fingerprint density at radius 1 is 1.48 bits per heavy atom. The highest BCUT2D eigenvalue weighted by Gasteiger charge is 2.37. The molecule has 0 aromatic carbocycles. The third-order valence-electron chi connectivity index (χ3n) is 3.16. The largest absolute Gasteiger partial charge is 0.469 e. The molecule has 0 bridgehead atoms. The smallest absolute Gasteiger partial charge is 0.390 e. The van der Waals surface area contributed by atoms with E-state index in [1.807, 2.05) is 0 Å². The van der Waals surface area contributed by atoms with Gasteiger partial charge in [-0.05, 0) is 0 Å². The number of nitrogens with zero attached hydrogens (tertiary/aromatic N) is 4. The van der Waals surface area contributed by atoms with Crippen LogP contribution in [-0.4, -0.2) is 53.2 Å². The summed E-state index contributed by atoms with van der Waals surface area (Å²) in [6.07, 6.45) is 2.42. The molecular formula is C10H13N4O6P. The molecule has 0 radical (unpaired) electrons. The maximum atomic E-state index is 10.7. The molecule has 10 nitrogen and oxygen atoms in total. The van der Waals surface area contributed by atoms with Crippen LogP contribution in [0.5, 0.6) is 0 Å². The fourth-order valence-corrected chi connectivity index (χ4v) is 2.54. The van der Waals surface area contributed by atoms with Crippen molar-refractivity contribution in [3.05, 3.63) is 18.9 Å². The van der Waals surface area contributed by atoms with Gasteiger partial charge in [0, 0.05) is 6.42 Å². The summed E-state index contributed by atoms with van der Waals surface area (Å²) in [5.41, 5.74) is 1.14. The standard InChI is InChI=1S/C10H13N4O6P/c15-7-1-9(20-8(7)3-19-21(16,17)18)14-5-13-6-2-11-4-12-10(6)14/h2,4-5,7-9,15H,1,3H2,(H2,16,17,18)/t7-,8+,9+/m0/s1. The topological polar surface area (TPSA) is 140 Å². The van der Waals surface area contributed by atoms with Gasteiger partial charge in [-0.25, -0.2) is 19.5 Å². The fraction of sp³-hybridized carbons (Fsp3) is 0.500. The molecule has 3 atom stereocenters. The molecule has 11 heteroatoms. The maximum Gasteiger partial charge on any atom is 0.469 e. The van der Waals surface area contributed by atoms with Crippen molar-refractivity contribution in [2.45, 2.75) is 24.9 Å². The van der Waals surface area contributed by atoms with Gasteiger partial charge >= 0.3 is 7.82 Å². The van der Waals surface area contributed by atoms with Crippen LogP contribution < -0.4 is 0 Å². The summed E-state index contributed by atoms with van der Waals surface area (Å²) in [6.45, 7) is -0.399. The lowest BCUT2D eigenvalue weighted by molar-refractivity contribution is -0.0424. The van der Waals surface area contributed by atoms with Crippen LogP contribution in [0.2, 0.25) is 0 Å². The van der Waals surface area contributed by atoms with E-state index >= 15 is 0 Å². The van der Waals surface area contributed by atoms with Crippen LogP contribution in [0.4, 0.5) is 0 Å². The molecule has 0 amide bonds. The van der Waals surface area contributed by atoms with E-state index in [1.54, 1.807) is 10.8 Å². The predicted octanol–water partition coefficient (Wildman–Crippen LogP) is -0.416. The monoisotopic (exact) mass is 316 g/mol. The first-order valence-electron chi connectivity index (χ1n) is 6.10. The first kappa shape index (κ1) is 14.5. The molecule has 114 valence electrons. The van der Waals surface area contributed by atoms with Crippen molar-refractivity contribution in [3.8, 4) is 0 Å². The van der Waals surface area contributed by atoms with Gasteiger partial charge < -0.3 is 19.6 Å². The first-order chi connectivity index (χ1) is 9.94. The van der Waals surface area contributed by atoms with Crippen molar-refractivity contribution in [3.63, 3.8) is 0 Å². The molecule has 3 rings (SSSR count). The Hall–Kier alpha value is -1.42. The van der Waals surface area contributed by atoms with Gasteiger partial charge in [-0.3, -0.25) is 9.09 Å². The Morgan fingerprint density at radius 3 is 3.05 bits per heavy atom. The second-order valence-corrected chi connectivity index (χ2v) is 5.84. The van der Waals surface area contributed by atoms with E-state index in [2.05, 4.69) is 19.5 Å². The van der Waals surface area contributed by atoms with E-state index in [0.717, 1.165) is 0 Å². The molecule has 0 spiro atoms. The highest BCUT2D eigenvalue weighted by atomic mass is 31.2. The highest BCUT2D eigenvalue weighted by molar-refractivity contribution is 7.46. The van der Waals surface area contributed by atoms with E-state index in [-0.39, 0.29) is 6.42 Å². The van der Waals surface area contributed by atoms with Crippen LogP contribution in [0.15, 0.2) is 18.9 Å². The number of aromatic nitrogens is 4. The van der Waals surface area contributed by atoms with Crippen LogP contribution in [-0.2, 0) is 13.8 Å². The lowest BCUT2D eigenvalue weighted by Crippen LogP contribution is -2.25. The Balaban J connectivity index is 1.75. The molecule has 2 aromatic rings. The number of fused-ring (bicyclic) bond motifs is 1. The number of phosphoric ester groups is 1. The number of ether oxygens (including phenoxy) is 1. The zero-order valence-corrected chi connectivity index (χ0v) is 11.6. The number of aliphatic hydroxyl groups is 1. The molecule has 3 N–H and O–H groups in total. The van der Waals surface area contributed by atoms with E-state index < -0.39 is 32.9 Å². The van der Waals surface area contributed by atoms with Crippen molar-refractivity contribution in [2.24, 2.45) is 0 Å². The Labute approximate surface area is 118 Å². The Kier molecular flexibility index (Phi) is 3.74. The summed E-state index contributed by atoms with van der Waals surface area (Å²) in [5.74, 6) is 0. The average Bonchev–Trinajstić information content (AvgIpc) is 2.99. The number of rotatable bonds is 4. The third kappa shape index (κ3) is 3.10. The quantitative estimate of drug-likeness (QED) is 0.642. The van der Waals surface area contributed by atoms with Crippen LogP contribution in [0.3, 0.4) is 0 Å². The van der Waals surface area contributed by atoms with Gasteiger partial charge in [0.1, 0.15) is 24.2 Å². The third-order valence-corrected chi connectivity index (χ3v) is 3.65. The zero-order valence-electron chi connectivity index (χ0n) is 10.7. The van der Waals surface area contributed by atoms with Gasteiger partial charge in [0.15, 0.2) is 5.65 Å². The predicted molar refractivity (Wildman–Crippen MR) is 67.9 cm³/mol. The molecule has 1 aliphatic heterocycles. The minimum absolute atomic E-state index is 0.241. The van der Waals surface area contributed by atoms with Crippen molar-refractivity contribution in [2.75, 3.05) is 6.61 Å². The molecule has 1 aliphatic rings. The lowest BCUT2D eigenvalue weighted by Gasteiger charge is -2.16. The van der Waals surface area contributed by atoms with Gasteiger partial charge in [0.05, 0.1) is 25.2 Å². The van der Waals surface area contributed by atoms with Crippen LogP contribution in [0, 0.1) is 0 Å². The Bertz CT molecular complexity index is 687. The van der Waals surface area contributed by atoms with Crippen molar-refractivity contribution < 1.29 is 28.7 Å². The summed E-state index contributed by atoms with van der Waals surface area (Å²) >= 11 is 0. The van der Waals surface area contributed by atoms with E-state index in [1.165, 1.54) is 12.7 Å². The summed E-state index contributed by atoms with van der Waals surface area (Å²) in [4.78, 5) is 29.4. The number of aliphatic hydroxyl groups excluding tert-OH is 1. The summed E-state index contributed by atoms with van der Waals surface area (Å²) in [6, 6.07) is 0. The van der Waals surface area contributed by atoms with Crippen LogP contribution in [0.25, 0.3) is 11.2 Å². The second-order valence-electron chi connectivity index (χ2n) is 4.60. The van der Waals surface area contributed by atoms with E-state index in [4.69, 9.17) is 14.5 Å². The summed E-state index contributed by atoms with van der Waals surface area (Å²) < 4.78 is 22.3. The molecule has 2 aromatic heterocycles. The molecule has 1 saturated heterocycles. The molecule has 3 heterocycles. The van der Waals surface area contributed by atoms with Gasteiger partial charge in [0.25, 0.3) is 0 Å². The normalized spacial score (nSPS) is 26.5. The first-order valence-corrected chi connectivity index (χ1v) is 7.63. The fourth-order valence-electron chi connectivity index (χ4n) is 2.20. The molecule has 0 aliphatic carbocycles. The maximum absolute atomic E-state index is 10.7. The average molecular weight is 316 g/mol. The number of phosphoric acid groups is 1. The van der Waals surface area contributed by atoms with Gasteiger partial charge in [0.2, 0.25) is 0 Å². The van der Waals surface area contributed by atoms with Gasteiger partial charge in [-0.15, -0.1) is 0 Å². The molecule has 0 saturated carbocycles. The summed E-state index contributed by atoms with van der Waals surface area (Å²) in [5, 5.41) is 9.90. The number of imidazole rings is 1. The summed E-state index contributed by atoms with van der Waals surface area (Å²) in [7, 11) is -4.59. The van der Waals surface area contributed by atoms with Crippen molar-refractivity contribution in [1.82, 2.24) is 19.5 Å². The highest BCUT2D eigenvalue weighted by Crippen LogP contribution is 2.38. The van der Waals surface area contributed by atoms with E-state index in [0.29, 0.717) is 11.2 Å². The molecule has 0 unspecified atom stereocenters. The zero-order chi connectivity index (χ0) is 15.0.